The van der Waals surface area contributed by atoms with Gasteiger partial charge in [0.1, 0.15) is 0 Å². The van der Waals surface area contributed by atoms with E-state index in [1.807, 2.05) is 0 Å². The summed E-state index contributed by atoms with van der Waals surface area (Å²) in [6.07, 6.45) is 3.94. The molecule has 1 nitrogen and oxygen atoms in total. The summed E-state index contributed by atoms with van der Waals surface area (Å²) in [6, 6.07) is 0.722. The summed E-state index contributed by atoms with van der Waals surface area (Å²) in [5.74, 6) is 0.805. The predicted molar refractivity (Wildman–Crippen MR) is 65.6 cm³/mol. The van der Waals surface area contributed by atoms with Crippen molar-refractivity contribution in [1.29, 1.82) is 0 Å². The van der Waals surface area contributed by atoms with Gasteiger partial charge in [-0.1, -0.05) is 41.5 Å². The molecule has 0 heterocycles. The second kappa shape index (κ2) is 6.44. The van der Waals surface area contributed by atoms with Gasteiger partial charge in [0.05, 0.1) is 0 Å². The average molecular weight is 199 g/mol. The highest BCUT2D eigenvalue weighted by Gasteiger charge is 2.15. The summed E-state index contributed by atoms with van der Waals surface area (Å²) in [4.78, 5) is 0. The molecule has 0 saturated carbocycles. The fraction of sp³-hybridized carbons (Fsp3) is 1.00. The summed E-state index contributed by atoms with van der Waals surface area (Å²) in [5, 5.41) is 3.59. The van der Waals surface area contributed by atoms with Crippen LogP contribution in [0.5, 0.6) is 0 Å². The quantitative estimate of drug-likeness (QED) is 0.685. The second-order valence-corrected chi connectivity index (χ2v) is 5.98. The van der Waals surface area contributed by atoms with Gasteiger partial charge in [-0.3, -0.25) is 0 Å². The molecule has 0 bridgehead atoms. The van der Waals surface area contributed by atoms with E-state index < -0.39 is 0 Å². The van der Waals surface area contributed by atoms with Gasteiger partial charge in [-0.05, 0) is 37.1 Å². The van der Waals surface area contributed by atoms with E-state index in [1.54, 1.807) is 0 Å². The molecule has 1 atom stereocenters. The van der Waals surface area contributed by atoms with Gasteiger partial charge in [0.25, 0.3) is 0 Å². The third kappa shape index (κ3) is 8.55. The van der Waals surface area contributed by atoms with Gasteiger partial charge >= 0.3 is 0 Å². The van der Waals surface area contributed by atoms with E-state index in [9.17, 15) is 0 Å². The molecule has 0 aliphatic heterocycles. The van der Waals surface area contributed by atoms with Gasteiger partial charge in [-0.25, -0.2) is 0 Å². The van der Waals surface area contributed by atoms with Crippen LogP contribution in [0.2, 0.25) is 0 Å². The van der Waals surface area contributed by atoms with Gasteiger partial charge in [-0.15, -0.1) is 0 Å². The fourth-order valence-corrected chi connectivity index (χ4v) is 1.77. The van der Waals surface area contributed by atoms with Gasteiger partial charge < -0.3 is 5.32 Å². The monoisotopic (exact) mass is 199 g/mol. The van der Waals surface area contributed by atoms with Crippen LogP contribution in [-0.2, 0) is 0 Å². The molecule has 0 rings (SSSR count). The lowest BCUT2D eigenvalue weighted by Gasteiger charge is -2.24. The van der Waals surface area contributed by atoms with Crippen molar-refractivity contribution in [3.05, 3.63) is 0 Å². The highest BCUT2D eigenvalue weighted by atomic mass is 14.9. The summed E-state index contributed by atoms with van der Waals surface area (Å²) >= 11 is 0. The van der Waals surface area contributed by atoms with Crippen molar-refractivity contribution in [3.8, 4) is 0 Å². The first-order valence-corrected chi connectivity index (χ1v) is 6.08. The molecule has 14 heavy (non-hydrogen) atoms. The molecule has 1 unspecified atom stereocenters. The molecule has 1 N–H and O–H groups in total. The molecule has 0 saturated heterocycles. The number of hydrogen-bond donors (Lipinski definition) is 1. The Hall–Kier alpha value is -0.0400. The van der Waals surface area contributed by atoms with E-state index in [2.05, 4.69) is 46.9 Å². The Morgan fingerprint density at radius 2 is 1.71 bits per heavy atom. The summed E-state index contributed by atoms with van der Waals surface area (Å²) in [6.45, 7) is 14.9. The zero-order valence-corrected chi connectivity index (χ0v) is 11.0. The molecular weight excluding hydrogens is 170 g/mol. The Morgan fingerprint density at radius 1 is 1.14 bits per heavy atom. The van der Waals surface area contributed by atoms with Gasteiger partial charge in [0.2, 0.25) is 0 Å². The molecule has 0 aliphatic carbocycles. The number of hydrogen-bond acceptors (Lipinski definition) is 1. The minimum atomic E-state index is 0.477. The molecule has 0 aromatic heterocycles. The van der Waals surface area contributed by atoms with Crippen molar-refractivity contribution in [2.24, 2.45) is 11.3 Å². The lowest BCUT2D eigenvalue weighted by Crippen LogP contribution is -2.31. The molecule has 0 aromatic rings. The van der Waals surface area contributed by atoms with Crippen LogP contribution < -0.4 is 5.32 Å². The van der Waals surface area contributed by atoms with Crippen LogP contribution in [-0.4, -0.2) is 12.6 Å². The standard InChI is InChI=1S/C13H29N/c1-7-14-12(10-11(2)3)8-9-13(4,5)6/h11-12,14H,7-10H2,1-6H3. The first kappa shape index (κ1) is 14.0. The average Bonchev–Trinajstić information content (AvgIpc) is 1.98. The van der Waals surface area contributed by atoms with E-state index in [1.165, 1.54) is 19.3 Å². The second-order valence-electron chi connectivity index (χ2n) is 5.98. The number of rotatable bonds is 6. The Balaban J connectivity index is 3.84. The smallest absolute Gasteiger partial charge is 0.00695 e. The lowest BCUT2D eigenvalue weighted by atomic mass is 9.87. The number of nitrogens with one attached hydrogen (secondary N) is 1. The highest BCUT2D eigenvalue weighted by Crippen LogP contribution is 2.23. The van der Waals surface area contributed by atoms with E-state index in [-0.39, 0.29) is 0 Å². The molecular formula is C13H29N. The maximum atomic E-state index is 3.59. The molecule has 86 valence electrons. The van der Waals surface area contributed by atoms with Crippen molar-refractivity contribution >= 4 is 0 Å². The maximum absolute atomic E-state index is 3.59. The first-order chi connectivity index (χ1) is 6.35. The van der Waals surface area contributed by atoms with Gasteiger partial charge in [-0.2, -0.15) is 0 Å². The molecule has 0 amide bonds. The third-order valence-corrected chi connectivity index (χ3v) is 2.49. The summed E-state index contributed by atoms with van der Waals surface area (Å²) in [5.41, 5.74) is 0.477. The van der Waals surface area contributed by atoms with Crippen LogP contribution in [0.4, 0.5) is 0 Å². The van der Waals surface area contributed by atoms with Crippen LogP contribution in [0.15, 0.2) is 0 Å². The topological polar surface area (TPSA) is 12.0 Å². The minimum Gasteiger partial charge on any atom is -0.314 e. The van der Waals surface area contributed by atoms with Crippen LogP contribution in [0.25, 0.3) is 0 Å². The lowest BCUT2D eigenvalue weighted by molar-refractivity contribution is 0.311. The molecule has 0 fully saturated rings. The van der Waals surface area contributed by atoms with Crippen molar-refractivity contribution in [2.45, 2.75) is 66.8 Å². The fourth-order valence-electron chi connectivity index (χ4n) is 1.77. The predicted octanol–water partition coefficient (Wildman–Crippen LogP) is 3.84. The van der Waals surface area contributed by atoms with E-state index >= 15 is 0 Å². The van der Waals surface area contributed by atoms with Gasteiger partial charge in [0, 0.05) is 6.04 Å². The zero-order valence-electron chi connectivity index (χ0n) is 11.0. The van der Waals surface area contributed by atoms with Crippen LogP contribution in [0, 0.1) is 11.3 Å². The van der Waals surface area contributed by atoms with E-state index in [0.29, 0.717) is 5.41 Å². The van der Waals surface area contributed by atoms with E-state index in [0.717, 1.165) is 18.5 Å². The Bertz CT molecular complexity index is 133. The molecule has 0 spiro atoms. The molecule has 1 heteroatoms. The molecule has 0 aromatic carbocycles. The van der Waals surface area contributed by atoms with Crippen molar-refractivity contribution in [3.63, 3.8) is 0 Å². The van der Waals surface area contributed by atoms with Crippen LogP contribution in [0.1, 0.15) is 60.8 Å². The van der Waals surface area contributed by atoms with Crippen LogP contribution >= 0.6 is 0 Å². The Kier molecular flexibility index (Phi) is 6.43. The van der Waals surface area contributed by atoms with Crippen molar-refractivity contribution in [1.82, 2.24) is 5.32 Å². The normalized spacial score (nSPS) is 14.8. The third-order valence-electron chi connectivity index (χ3n) is 2.49. The van der Waals surface area contributed by atoms with E-state index in [4.69, 9.17) is 0 Å². The SMILES string of the molecule is CCNC(CCC(C)(C)C)CC(C)C. The molecule has 0 aliphatic rings. The first-order valence-electron chi connectivity index (χ1n) is 6.08. The summed E-state index contributed by atoms with van der Waals surface area (Å²) in [7, 11) is 0. The minimum absolute atomic E-state index is 0.477. The largest absolute Gasteiger partial charge is 0.314 e. The van der Waals surface area contributed by atoms with Crippen LogP contribution in [0.3, 0.4) is 0 Å². The maximum Gasteiger partial charge on any atom is 0.00695 e. The van der Waals surface area contributed by atoms with Crippen molar-refractivity contribution < 1.29 is 0 Å². The van der Waals surface area contributed by atoms with Gasteiger partial charge in [0.15, 0.2) is 0 Å². The Labute approximate surface area is 90.7 Å². The van der Waals surface area contributed by atoms with Crippen molar-refractivity contribution in [2.75, 3.05) is 6.54 Å². The Morgan fingerprint density at radius 3 is 2.07 bits per heavy atom. The summed E-state index contributed by atoms with van der Waals surface area (Å²) < 4.78 is 0. The highest BCUT2D eigenvalue weighted by molar-refractivity contribution is 4.72. The zero-order chi connectivity index (χ0) is 11.2. The molecule has 0 radical (unpaired) electrons.